The largest absolute Gasteiger partial charge is 0.334 e. The maximum absolute atomic E-state index is 12.9. The summed E-state index contributed by atoms with van der Waals surface area (Å²) >= 11 is 3.55. The van der Waals surface area contributed by atoms with E-state index in [9.17, 15) is 4.79 Å². The normalized spacial score (nSPS) is 17.7. The van der Waals surface area contributed by atoms with Gasteiger partial charge in [0, 0.05) is 12.6 Å². The third kappa shape index (κ3) is 3.56. The van der Waals surface area contributed by atoms with Crippen LogP contribution in [0.2, 0.25) is 0 Å². The van der Waals surface area contributed by atoms with Crippen LogP contribution in [-0.4, -0.2) is 33.6 Å². The molecule has 0 saturated carbocycles. The Balaban J connectivity index is 1.69. The van der Waals surface area contributed by atoms with Crippen LogP contribution in [0.15, 0.2) is 34.8 Å². The number of aromatic amines is 1. The number of aromatic nitrogens is 2. The van der Waals surface area contributed by atoms with E-state index in [1.165, 1.54) is 5.56 Å². The highest BCUT2D eigenvalue weighted by atomic mass is 79.9. The molecule has 24 heavy (non-hydrogen) atoms. The number of nitrogens with one attached hydrogen (secondary N) is 1. The molecule has 4 nitrogen and oxygen atoms in total. The van der Waals surface area contributed by atoms with Crippen molar-refractivity contribution in [1.29, 1.82) is 0 Å². The van der Waals surface area contributed by atoms with E-state index < -0.39 is 0 Å². The number of halogens is 1. The zero-order valence-corrected chi connectivity index (χ0v) is 15.8. The second kappa shape index (κ2) is 7.51. The predicted octanol–water partition coefficient (Wildman–Crippen LogP) is 4.53. The Bertz CT molecular complexity index is 696. The van der Waals surface area contributed by atoms with Crippen molar-refractivity contribution in [3.63, 3.8) is 0 Å². The zero-order valence-electron chi connectivity index (χ0n) is 14.3. The molecule has 128 valence electrons. The summed E-state index contributed by atoms with van der Waals surface area (Å²) in [6.07, 6.45) is 4.17. The smallest absolute Gasteiger partial charge is 0.275 e. The monoisotopic (exact) mass is 389 g/mol. The van der Waals surface area contributed by atoms with Crippen molar-refractivity contribution in [2.24, 2.45) is 0 Å². The number of aryl methyl sites for hydroxylation is 1. The average Bonchev–Trinajstić information content (AvgIpc) is 3.19. The first kappa shape index (κ1) is 17.2. The topological polar surface area (TPSA) is 49.0 Å². The molecule has 0 spiro atoms. The van der Waals surface area contributed by atoms with Crippen LogP contribution in [0, 0.1) is 0 Å². The summed E-state index contributed by atoms with van der Waals surface area (Å²) in [6, 6.07) is 10.8. The van der Waals surface area contributed by atoms with Gasteiger partial charge in [0.2, 0.25) is 0 Å². The quantitative estimate of drug-likeness (QED) is 0.815. The molecule has 1 aliphatic rings. The first-order valence-corrected chi connectivity index (χ1v) is 9.46. The second-order valence-electron chi connectivity index (χ2n) is 6.77. The maximum atomic E-state index is 12.9. The fourth-order valence-electron chi connectivity index (χ4n) is 3.38. The Kier molecular flexibility index (Phi) is 5.39. The SMILES string of the molecule is CC(C)c1[nH]nc(C(=O)N2CCCC2CCc2ccccc2)c1Br. The molecule has 1 aromatic heterocycles. The molecule has 0 aliphatic carbocycles. The van der Waals surface area contributed by atoms with Crippen LogP contribution in [0.5, 0.6) is 0 Å². The number of H-pyrrole nitrogens is 1. The number of likely N-dealkylation sites (tertiary alicyclic amines) is 1. The third-order valence-corrected chi connectivity index (χ3v) is 5.56. The fourth-order valence-corrected chi connectivity index (χ4v) is 4.19. The fraction of sp³-hybridized carbons (Fsp3) is 0.474. The lowest BCUT2D eigenvalue weighted by atomic mass is 10.0. The van der Waals surface area contributed by atoms with Crippen molar-refractivity contribution in [3.05, 3.63) is 51.8 Å². The molecule has 1 unspecified atom stereocenters. The molecule has 1 aromatic carbocycles. The third-order valence-electron chi connectivity index (χ3n) is 4.76. The van der Waals surface area contributed by atoms with E-state index in [1.54, 1.807) is 0 Å². The molecule has 1 saturated heterocycles. The summed E-state index contributed by atoms with van der Waals surface area (Å²) in [6.45, 7) is 5.00. The van der Waals surface area contributed by atoms with Crippen LogP contribution in [0.4, 0.5) is 0 Å². The molecule has 0 bridgehead atoms. The maximum Gasteiger partial charge on any atom is 0.275 e. The van der Waals surface area contributed by atoms with Gasteiger partial charge in [-0.2, -0.15) is 5.10 Å². The molecule has 2 heterocycles. The van der Waals surface area contributed by atoms with Crippen molar-refractivity contribution in [2.45, 2.75) is 51.5 Å². The van der Waals surface area contributed by atoms with Crippen molar-refractivity contribution in [3.8, 4) is 0 Å². The number of carbonyl (C=O) groups excluding carboxylic acids is 1. The molecular formula is C19H24BrN3O. The van der Waals surface area contributed by atoms with Crippen molar-refractivity contribution < 1.29 is 4.79 Å². The van der Waals surface area contributed by atoms with Gasteiger partial charge in [-0.05, 0) is 53.1 Å². The van der Waals surface area contributed by atoms with Gasteiger partial charge >= 0.3 is 0 Å². The van der Waals surface area contributed by atoms with Crippen molar-refractivity contribution >= 4 is 21.8 Å². The van der Waals surface area contributed by atoms with Crippen molar-refractivity contribution in [2.75, 3.05) is 6.54 Å². The van der Waals surface area contributed by atoms with Crippen LogP contribution < -0.4 is 0 Å². The van der Waals surface area contributed by atoms with E-state index >= 15 is 0 Å². The van der Waals surface area contributed by atoms with Crippen LogP contribution in [0.1, 0.15) is 60.8 Å². The molecule has 1 fully saturated rings. The van der Waals surface area contributed by atoms with Crippen LogP contribution >= 0.6 is 15.9 Å². The summed E-state index contributed by atoms with van der Waals surface area (Å²) in [5, 5.41) is 7.28. The van der Waals surface area contributed by atoms with Gasteiger partial charge in [-0.25, -0.2) is 0 Å². The van der Waals surface area contributed by atoms with Gasteiger partial charge in [-0.1, -0.05) is 44.2 Å². The Morgan fingerprint density at radius 3 is 2.79 bits per heavy atom. The van der Waals surface area contributed by atoms with E-state index in [0.717, 1.165) is 42.4 Å². The average molecular weight is 390 g/mol. The van der Waals surface area contributed by atoms with Gasteiger partial charge < -0.3 is 4.90 Å². The number of rotatable bonds is 5. The number of hydrogen-bond donors (Lipinski definition) is 1. The Morgan fingerprint density at radius 2 is 2.12 bits per heavy atom. The molecule has 1 aliphatic heterocycles. The van der Waals surface area contributed by atoms with E-state index in [0.29, 0.717) is 17.7 Å². The number of amides is 1. The Labute approximate surface area is 151 Å². The zero-order chi connectivity index (χ0) is 17.1. The van der Waals surface area contributed by atoms with Crippen molar-refractivity contribution in [1.82, 2.24) is 15.1 Å². The summed E-state index contributed by atoms with van der Waals surface area (Å²) in [5.74, 6) is 0.349. The van der Waals surface area contributed by atoms with Crippen LogP contribution in [0.3, 0.4) is 0 Å². The van der Waals surface area contributed by atoms with Gasteiger partial charge in [0.25, 0.3) is 5.91 Å². The highest BCUT2D eigenvalue weighted by Crippen LogP contribution is 2.29. The van der Waals surface area contributed by atoms with Gasteiger partial charge in [0.05, 0.1) is 10.2 Å². The summed E-state index contributed by atoms with van der Waals surface area (Å²) < 4.78 is 0.816. The van der Waals surface area contributed by atoms with Gasteiger partial charge in [0.1, 0.15) is 0 Å². The molecular weight excluding hydrogens is 366 g/mol. The van der Waals surface area contributed by atoms with Crippen LogP contribution in [0.25, 0.3) is 0 Å². The molecule has 1 amide bonds. The number of hydrogen-bond acceptors (Lipinski definition) is 2. The van der Waals surface area contributed by atoms with E-state index in [4.69, 9.17) is 0 Å². The highest BCUT2D eigenvalue weighted by Gasteiger charge is 2.32. The molecule has 5 heteroatoms. The summed E-state index contributed by atoms with van der Waals surface area (Å²) in [4.78, 5) is 14.9. The minimum absolute atomic E-state index is 0.0422. The lowest BCUT2D eigenvalue weighted by Gasteiger charge is -2.24. The summed E-state index contributed by atoms with van der Waals surface area (Å²) in [5.41, 5.74) is 2.84. The molecule has 3 rings (SSSR count). The van der Waals surface area contributed by atoms with E-state index in [1.807, 2.05) is 11.0 Å². The number of nitrogens with zero attached hydrogens (tertiary/aromatic N) is 2. The van der Waals surface area contributed by atoms with Gasteiger partial charge in [0.15, 0.2) is 5.69 Å². The molecule has 0 radical (unpaired) electrons. The Hall–Kier alpha value is -1.62. The van der Waals surface area contributed by atoms with E-state index in [2.05, 4.69) is 64.2 Å². The first-order valence-electron chi connectivity index (χ1n) is 8.66. The van der Waals surface area contributed by atoms with Gasteiger partial charge in [-0.3, -0.25) is 9.89 Å². The molecule has 2 aromatic rings. The van der Waals surface area contributed by atoms with Crippen LogP contribution in [-0.2, 0) is 6.42 Å². The number of carbonyl (C=O) groups is 1. The standard InChI is InChI=1S/C19H24BrN3O/c1-13(2)17-16(20)18(22-21-17)19(24)23-12-6-9-15(23)11-10-14-7-4-3-5-8-14/h3-5,7-8,13,15H,6,9-12H2,1-2H3,(H,21,22). The molecule has 1 atom stereocenters. The van der Waals surface area contributed by atoms with E-state index in [-0.39, 0.29) is 5.91 Å². The second-order valence-corrected chi connectivity index (χ2v) is 7.57. The highest BCUT2D eigenvalue weighted by molar-refractivity contribution is 9.10. The Morgan fingerprint density at radius 1 is 1.38 bits per heavy atom. The minimum atomic E-state index is 0.0422. The lowest BCUT2D eigenvalue weighted by molar-refractivity contribution is 0.0723. The summed E-state index contributed by atoms with van der Waals surface area (Å²) in [7, 11) is 0. The first-order chi connectivity index (χ1) is 11.6. The lowest BCUT2D eigenvalue weighted by Crippen LogP contribution is -2.36. The predicted molar refractivity (Wildman–Crippen MR) is 99.2 cm³/mol. The number of benzene rings is 1. The molecule has 1 N–H and O–H groups in total. The minimum Gasteiger partial charge on any atom is -0.334 e. The van der Waals surface area contributed by atoms with Gasteiger partial charge in [-0.15, -0.1) is 0 Å².